The monoisotopic (exact) mass is 239 g/mol. The molecule has 0 radical (unpaired) electrons. The second-order valence-corrected chi connectivity index (χ2v) is 4.73. The fourth-order valence-electron chi connectivity index (χ4n) is 2.06. The molecule has 17 heavy (non-hydrogen) atoms. The van der Waals surface area contributed by atoms with Gasteiger partial charge in [0.25, 0.3) is 0 Å². The van der Waals surface area contributed by atoms with Gasteiger partial charge >= 0.3 is 0 Å². The molecule has 0 aliphatic heterocycles. The fourth-order valence-corrected chi connectivity index (χ4v) is 2.06. The van der Waals surface area contributed by atoms with Gasteiger partial charge in [-0.15, -0.1) is 0 Å². The van der Waals surface area contributed by atoms with E-state index in [1.54, 1.807) is 13.3 Å². The summed E-state index contributed by atoms with van der Waals surface area (Å²) >= 11 is 0. The van der Waals surface area contributed by atoms with E-state index < -0.39 is 0 Å². The summed E-state index contributed by atoms with van der Waals surface area (Å²) in [6.45, 7) is 7.48. The van der Waals surface area contributed by atoms with E-state index in [1.165, 1.54) is 6.42 Å². The summed E-state index contributed by atoms with van der Waals surface area (Å²) in [5.41, 5.74) is 1.16. The molecular weight excluding hydrogens is 214 g/mol. The summed E-state index contributed by atoms with van der Waals surface area (Å²) in [5, 5.41) is 7.72. The molecule has 1 rings (SSSR count). The molecule has 1 unspecified atom stereocenters. The van der Waals surface area contributed by atoms with Crippen LogP contribution in [-0.4, -0.2) is 23.9 Å². The molecule has 0 amide bonds. The minimum absolute atomic E-state index is 0.315. The van der Waals surface area contributed by atoms with Crippen molar-refractivity contribution in [2.24, 2.45) is 5.92 Å². The molecule has 1 aromatic rings. The highest BCUT2D eigenvalue weighted by atomic mass is 16.5. The maximum absolute atomic E-state index is 5.39. The van der Waals surface area contributed by atoms with Crippen LogP contribution in [0.15, 0.2) is 6.20 Å². The van der Waals surface area contributed by atoms with Crippen LogP contribution in [0.5, 0.6) is 5.75 Å². The Morgan fingerprint density at radius 2 is 2.12 bits per heavy atom. The highest BCUT2D eigenvalue weighted by Gasteiger charge is 2.20. The molecule has 1 N–H and O–H groups in total. The Morgan fingerprint density at radius 1 is 1.41 bits per heavy atom. The zero-order valence-corrected chi connectivity index (χ0v) is 11.7. The van der Waals surface area contributed by atoms with Crippen LogP contribution in [0.1, 0.15) is 45.3 Å². The predicted octanol–water partition coefficient (Wildman–Crippen LogP) is 2.61. The lowest BCUT2D eigenvalue weighted by Gasteiger charge is -2.19. The molecule has 0 fully saturated rings. The average Bonchev–Trinajstić information content (AvgIpc) is 2.72. The van der Waals surface area contributed by atoms with Crippen LogP contribution < -0.4 is 10.1 Å². The molecule has 1 atom stereocenters. The molecular formula is C13H25N3O. The lowest BCUT2D eigenvalue weighted by Crippen LogP contribution is -2.21. The molecule has 0 aliphatic carbocycles. The molecule has 0 aliphatic rings. The van der Waals surface area contributed by atoms with Crippen molar-refractivity contribution in [3.8, 4) is 5.75 Å². The Balaban J connectivity index is 2.88. The van der Waals surface area contributed by atoms with Crippen molar-refractivity contribution >= 4 is 0 Å². The molecule has 4 nitrogen and oxygen atoms in total. The highest BCUT2D eigenvalue weighted by Crippen LogP contribution is 2.28. The van der Waals surface area contributed by atoms with E-state index in [2.05, 4.69) is 31.2 Å². The van der Waals surface area contributed by atoms with Crippen LogP contribution in [0.2, 0.25) is 0 Å². The van der Waals surface area contributed by atoms with E-state index in [1.807, 2.05) is 11.7 Å². The van der Waals surface area contributed by atoms with Gasteiger partial charge in [0.1, 0.15) is 0 Å². The lowest BCUT2D eigenvalue weighted by atomic mass is 10.0. The number of nitrogens with one attached hydrogen (secondary N) is 1. The minimum atomic E-state index is 0.315. The molecule has 0 saturated heterocycles. The van der Waals surface area contributed by atoms with Crippen molar-refractivity contribution in [2.75, 3.05) is 14.2 Å². The van der Waals surface area contributed by atoms with E-state index in [0.717, 1.165) is 30.3 Å². The first-order chi connectivity index (χ1) is 8.13. The summed E-state index contributed by atoms with van der Waals surface area (Å²) < 4.78 is 7.41. The van der Waals surface area contributed by atoms with Crippen molar-refractivity contribution in [3.63, 3.8) is 0 Å². The third-order valence-corrected chi connectivity index (χ3v) is 3.08. The fraction of sp³-hybridized carbons (Fsp3) is 0.769. The second kappa shape index (κ2) is 6.64. The quantitative estimate of drug-likeness (QED) is 0.795. The number of rotatable bonds is 7. The normalized spacial score (nSPS) is 13.1. The predicted molar refractivity (Wildman–Crippen MR) is 70.3 cm³/mol. The standard InChI is InChI=1S/C13H25N3O/c1-6-16-13(12(17-5)9-15-16)11(14-4)8-7-10(2)3/h9-11,14H,6-8H2,1-5H3. The Bertz CT molecular complexity index is 312. The third kappa shape index (κ3) is 3.46. The summed E-state index contributed by atoms with van der Waals surface area (Å²) in [5.74, 6) is 1.60. The van der Waals surface area contributed by atoms with Crippen molar-refractivity contribution in [1.29, 1.82) is 0 Å². The van der Waals surface area contributed by atoms with Crippen molar-refractivity contribution in [2.45, 2.75) is 46.2 Å². The number of hydrogen-bond acceptors (Lipinski definition) is 3. The van der Waals surface area contributed by atoms with Gasteiger partial charge in [-0.1, -0.05) is 13.8 Å². The van der Waals surface area contributed by atoms with Gasteiger partial charge in [0.2, 0.25) is 0 Å². The molecule has 1 heterocycles. The Labute approximate surface area is 104 Å². The van der Waals surface area contributed by atoms with E-state index in [9.17, 15) is 0 Å². The van der Waals surface area contributed by atoms with Gasteiger partial charge in [0.05, 0.1) is 25.0 Å². The SMILES string of the molecule is CCn1ncc(OC)c1C(CCC(C)C)NC. The van der Waals surface area contributed by atoms with Crippen molar-refractivity contribution in [1.82, 2.24) is 15.1 Å². The molecule has 0 aromatic carbocycles. The van der Waals surface area contributed by atoms with E-state index in [-0.39, 0.29) is 0 Å². The molecule has 1 aromatic heterocycles. The van der Waals surface area contributed by atoms with Crippen LogP contribution in [0.4, 0.5) is 0 Å². The summed E-state index contributed by atoms with van der Waals surface area (Å²) in [4.78, 5) is 0. The molecule has 0 saturated carbocycles. The number of methoxy groups -OCH3 is 1. The minimum Gasteiger partial charge on any atom is -0.493 e. The molecule has 4 heteroatoms. The van der Waals surface area contributed by atoms with Gasteiger partial charge in [0.15, 0.2) is 5.75 Å². The first kappa shape index (κ1) is 14.0. The largest absolute Gasteiger partial charge is 0.493 e. The van der Waals surface area contributed by atoms with Crippen molar-refractivity contribution < 1.29 is 4.74 Å². The summed E-state index contributed by atoms with van der Waals surface area (Å²) in [6.07, 6.45) is 4.11. The van der Waals surface area contributed by atoms with E-state index in [0.29, 0.717) is 6.04 Å². The van der Waals surface area contributed by atoms with Crippen LogP contribution in [-0.2, 0) is 6.54 Å². The highest BCUT2D eigenvalue weighted by molar-refractivity contribution is 5.28. The van der Waals surface area contributed by atoms with Crippen LogP contribution in [0.25, 0.3) is 0 Å². The van der Waals surface area contributed by atoms with Gasteiger partial charge in [-0.3, -0.25) is 4.68 Å². The number of aromatic nitrogens is 2. The smallest absolute Gasteiger partial charge is 0.161 e. The first-order valence-electron chi connectivity index (χ1n) is 6.40. The maximum atomic E-state index is 5.39. The molecule has 0 spiro atoms. The van der Waals surface area contributed by atoms with Gasteiger partial charge in [-0.25, -0.2) is 0 Å². The number of hydrogen-bond donors (Lipinski definition) is 1. The van der Waals surface area contributed by atoms with Crippen molar-refractivity contribution in [3.05, 3.63) is 11.9 Å². The zero-order valence-electron chi connectivity index (χ0n) is 11.7. The van der Waals surface area contributed by atoms with Gasteiger partial charge in [-0.2, -0.15) is 5.10 Å². The van der Waals surface area contributed by atoms with Gasteiger partial charge in [-0.05, 0) is 32.7 Å². The second-order valence-electron chi connectivity index (χ2n) is 4.73. The Kier molecular flexibility index (Phi) is 5.48. The third-order valence-electron chi connectivity index (χ3n) is 3.08. The molecule has 98 valence electrons. The van der Waals surface area contributed by atoms with Gasteiger partial charge < -0.3 is 10.1 Å². The maximum Gasteiger partial charge on any atom is 0.161 e. The lowest BCUT2D eigenvalue weighted by molar-refractivity contribution is 0.382. The Hall–Kier alpha value is -1.03. The molecule has 0 bridgehead atoms. The topological polar surface area (TPSA) is 39.1 Å². The van der Waals surface area contributed by atoms with Crippen LogP contribution in [0, 0.1) is 5.92 Å². The Morgan fingerprint density at radius 3 is 2.59 bits per heavy atom. The van der Waals surface area contributed by atoms with E-state index in [4.69, 9.17) is 4.74 Å². The number of ether oxygens (including phenoxy) is 1. The first-order valence-corrected chi connectivity index (χ1v) is 6.40. The van der Waals surface area contributed by atoms with E-state index >= 15 is 0 Å². The summed E-state index contributed by atoms with van der Waals surface area (Å²) in [6, 6.07) is 0.315. The zero-order chi connectivity index (χ0) is 12.8. The number of nitrogens with zero attached hydrogens (tertiary/aromatic N) is 2. The van der Waals surface area contributed by atoms with Gasteiger partial charge in [0, 0.05) is 6.54 Å². The van der Waals surface area contributed by atoms with Crippen LogP contribution >= 0.6 is 0 Å². The average molecular weight is 239 g/mol. The number of aryl methyl sites for hydroxylation is 1. The van der Waals surface area contributed by atoms with Crippen LogP contribution in [0.3, 0.4) is 0 Å². The summed E-state index contributed by atoms with van der Waals surface area (Å²) in [7, 11) is 3.70.